The van der Waals surface area contributed by atoms with Crippen LogP contribution >= 0.6 is 11.3 Å². The summed E-state index contributed by atoms with van der Waals surface area (Å²) in [6.07, 6.45) is 1.33. The van der Waals surface area contributed by atoms with Gasteiger partial charge in [0.05, 0.1) is 11.1 Å². The summed E-state index contributed by atoms with van der Waals surface area (Å²) in [7, 11) is -3.51. The molecule has 7 nitrogen and oxygen atoms in total. The SMILES string of the molecule is Cc1ccccc1S(=O)(=O)N1CCN(c2ncc(C(=O)O)s2)CC1. The van der Waals surface area contributed by atoms with Gasteiger partial charge in [-0.25, -0.2) is 18.2 Å². The summed E-state index contributed by atoms with van der Waals surface area (Å²) in [5.74, 6) is -1.00. The number of aryl methyl sites for hydroxylation is 1. The minimum Gasteiger partial charge on any atom is -0.477 e. The van der Waals surface area contributed by atoms with E-state index in [1.807, 2.05) is 11.0 Å². The van der Waals surface area contributed by atoms with Gasteiger partial charge in [-0.05, 0) is 18.6 Å². The van der Waals surface area contributed by atoms with Crippen molar-refractivity contribution in [3.05, 3.63) is 40.9 Å². The Morgan fingerprint density at radius 2 is 1.88 bits per heavy atom. The van der Waals surface area contributed by atoms with Gasteiger partial charge in [-0.3, -0.25) is 0 Å². The van der Waals surface area contributed by atoms with Gasteiger partial charge in [0.15, 0.2) is 5.13 Å². The van der Waals surface area contributed by atoms with E-state index in [4.69, 9.17) is 5.11 Å². The lowest BCUT2D eigenvalue weighted by Gasteiger charge is -2.34. The maximum absolute atomic E-state index is 12.8. The average Bonchev–Trinajstić information content (AvgIpc) is 3.05. The van der Waals surface area contributed by atoms with E-state index < -0.39 is 16.0 Å². The molecule has 3 rings (SSSR count). The van der Waals surface area contributed by atoms with Gasteiger partial charge in [-0.15, -0.1) is 0 Å². The van der Waals surface area contributed by atoms with E-state index in [-0.39, 0.29) is 4.88 Å². The molecule has 0 unspecified atom stereocenters. The molecule has 1 saturated heterocycles. The monoisotopic (exact) mass is 367 g/mol. The summed E-state index contributed by atoms with van der Waals surface area (Å²) in [6.45, 7) is 3.44. The van der Waals surface area contributed by atoms with Crippen LogP contribution in [0.5, 0.6) is 0 Å². The van der Waals surface area contributed by atoms with E-state index in [1.165, 1.54) is 10.5 Å². The Kier molecular flexibility index (Phi) is 4.57. The highest BCUT2D eigenvalue weighted by Gasteiger charge is 2.30. The Bertz CT molecular complexity index is 855. The molecule has 0 radical (unpaired) electrons. The maximum Gasteiger partial charge on any atom is 0.347 e. The summed E-state index contributed by atoms with van der Waals surface area (Å²) in [5.41, 5.74) is 0.728. The molecule has 1 fully saturated rings. The molecule has 1 aliphatic heterocycles. The van der Waals surface area contributed by atoms with Crippen molar-refractivity contribution in [2.24, 2.45) is 0 Å². The standard InChI is InChI=1S/C15H17N3O4S2/c1-11-4-2-3-5-13(11)24(21,22)18-8-6-17(7-9-18)15-16-10-12(23-15)14(19)20/h2-5,10H,6-9H2,1H3,(H,19,20). The van der Waals surface area contributed by atoms with Crippen molar-refractivity contribution < 1.29 is 18.3 Å². The average molecular weight is 367 g/mol. The normalized spacial score (nSPS) is 16.3. The van der Waals surface area contributed by atoms with Gasteiger partial charge >= 0.3 is 5.97 Å². The molecule has 1 N–H and O–H groups in total. The maximum atomic E-state index is 12.8. The molecule has 0 aliphatic carbocycles. The second kappa shape index (κ2) is 6.50. The van der Waals surface area contributed by atoms with Crippen LogP contribution in [0.4, 0.5) is 5.13 Å². The van der Waals surface area contributed by atoms with E-state index in [0.717, 1.165) is 16.9 Å². The van der Waals surface area contributed by atoms with E-state index in [0.29, 0.717) is 36.2 Å². The Hall–Kier alpha value is -1.97. The predicted octanol–water partition coefficient (Wildman–Crippen LogP) is 1.66. The first kappa shape index (κ1) is 16.9. The largest absolute Gasteiger partial charge is 0.477 e. The molecule has 0 atom stereocenters. The lowest BCUT2D eigenvalue weighted by Crippen LogP contribution is -2.48. The molecule has 128 valence electrons. The van der Waals surface area contributed by atoms with Gasteiger partial charge in [-0.2, -0.15) is 4.31 Å². The minimum absolute atomic E-state index is 0.181. The summed E-state index contributed by atoms with van der Waals surface area (Å²) in [6, 6.07) is 6.94. The van der Waals surface area contributed by atoms with Crippen molar-refractivity contribution in [2.45, 2.75) is 11.8 Å². The van der Waals surface area contributed by atoms with Crippen molar-refractivity contribution in [3.63, 3.8) is 0 Å². The second-order valence-electron chi connectivity index (χ2n) is 5.47. The van der Waals surface area contributed by atoms with Crippen LogP contribution in [-0.4, -0.2) is 55.0 Å². The fraction of sp³-hybridized carbons (Fsp3) is 0.333. The fourth-order valence-corrected chi connectivity index (χ4v) is 5.07. The highest BCUT2D eigenvalue weighted by molar-refractivity contribution is 7.89. The number of thiazole rings is 1. The third-order valence-corrected chi connectivity index (χ3v) is 7.03. The van der Waals surface area contributed by atoms with Gasteiger partial charge in [0.1, 0.15) is 4.88 Å². The first-order valence-corrected chi connectivity index (χ1v) is 9.65. The molecule has 9 heteroatoms. The van der Waals surface area contributed by atoms with Gasteiger partial charge in [0, 0.05) is 26.2 Å². The van der Waals surface area contributed by atoms with Crippen LogP contribution in [0.15, 0.2) is 35.4 Å². The third kappa shape index (κ3) is 3.14. The molecule has 2 heterocycles. The first-order chi connectivity index (χ1) is 11.4. The Morgan fingerprint density at radius 1 is 1.21 bits per heavy atom. The quantitative estimate of drug-likeness (QED) is 0.884. The predicted molar refractivity (Wildman–Crippen MR) is 91.2 cm³/mol. The first-order valence-electron chi connectivity index (χ1n) is 7.39. The topological polar surface area (TPSA) is 90.8 Å². The number of aromatic nitrogens is 1. The number of carboxylic acids is 1. The zero-order valence-corrected chi connectivity index (χ0v) is 14.7. The van der Waals surface area contributed by atoms with Crippen LogP contribution in [0.25, 0.3) is 0 Å². The lowest BCUT2D eigenvalue weighted by molar-refractivity contribution is 0.0702. The van der Waals surface area contributed by atoms with Crippen LogP contribution in [0.1, 0.15) is 15.2 Å². The highest BCUT2D eigenvalue weighted by Crippen LogP contribution is 2.26. The van der Waals surface area contributed by atoms with Gasteiger partial charge in [0.2, 0.25) is 10.0 Å². The van der Waals surface area contributed by atoms with Crippen LogP contribution < -0.4 is 4.90 Å². The van der Waals surface area contributed by atoms with Crippen LogP contribution in [0, 0.1) is 6.92 Å². The molecule has 2 aromatic rings. The van der Waals surface area contributed by atoms with E-state index in [1.54, 1.807) is 25.1 Å². The minimum atomic E-state index is -3.51. The molecular formula is C15H17N3O4S2. The molecule has 24 heavy (non-hydrogen) atoms. The van der Waals surface area contributed by atoms with Crippen molar-refractivity contribution in [3.8, 4) is 0 Å². The van der Waals surface area contributed by atoms with Crippen molar-refractivity contribution in [1.82, 2.24) is 9.29 Å². The van der Waals surface area contributed by atoms with Gasteiger partial charge in [-0.1, -0.05) is 29.5 Å². The summed E-state index contributed by atoms with van der Waals surface area (Å²) in [4.78, 5) is 17.5. The molecule has 0 spiro atoms. The number of nitrogens with zero attached hydrogens (tertiary/aromatic N) is 3. The number of anilines is 1. The van der Waals surface area contributed by atoms with Gasteiger partial charge in [0.25, 0.3) is 0 Å². The lowest BCUT2D eigenvalue weighted by atomic mass is 10.2. The van der Waals surface area contributed by atoms with Crippen LogP contribution in [-0.2, 0) is 10.0 Å². The summed E-state index contributed by atoms with van der Waals surface area (Å²) < 4.78 is 27.0. The Morgan fingerprint density at radius 3 is 2.46 bits per heavy atom. The van der Waals surface area contributed by atoms with Crippen molar-refractivity contribution in [2.75, 3.05) is 31.1 Å². The fourth-order valence-electron chi connectivity index (χ4n) is 2.61. The molecule has 0 saturated carbocycles. The van der Waals surface area contributed by atoms with Crippen LogP contribution in [0.2, 0.25) is 0 Å². The Balaban J connectivity index is 1.72. The number of piperazine rings is 1. The number of carbonyl (C=O) groups is 1. The zero-order chi connectivity index (χ0) is 17.3. The van der Waals surface area contributed by atoms with Crippen LogP contribution in [0.3, 0.4) is 0 Å². The number of rotatable bonds is 4. The molecule has 1 aliphatic rings. The summed E-state index contributed by atoms with van der Waals surface area (Å²) in [5, 5.41) is 9.57. The van der Waals surface area contributed by atoms with E-state index in [2.05, 4.69) is 4.98 Å². The smallest absolute Gasteiger partial charge is 0.347 e. The Labute approximate surface area is 144 Å². The number of hydrogen-bond donors (Lipinski definition) is 1. The molecule has 0 bridgehead atoms. The van der Waals surface area contributed by atoms with E-state index >= 15 is 0 Å². The number of benzene rings is 1. The molecular weight excluding hydrogens is 350 g/mol. The number of aromatic carboxylic acids is 1. The number of hydrogen-bond acceptors (Lipinski definition) is 6. The second-order valence-corrected chi connectivity index (χ2v) is 8.38. The van der Waals surface area contributed by atoms with E-state index in [9.17, 15) is 13.2 Å². The summed E-state index contributed by atoms with van der Waals surface area (Å²) >= 11 is 1.10. The molecule has 1 aromatic heterocycles. The molecule has 0 amide bonds. The zero-order valence-electron chi connectivity index (χ0n) is 13.0. The molecule has 1 aromatic carbocycles. The third-order valence-electron chi connectivity index (χ3n) is 3.92. The van der Waals surface area contributed by atoms with Crippen molar-refractivity contribution >= 4 is 32.5 Å². The highest BCUT2D eigenvalue weighted by atomic mass is 32.2. The number of sulfonamides is 1. The van der Waals surface area contributed by atoms with Crippen molar-refractivity contribution in [1.29, 1.82) is 0 Å². The van der Waals surface area contributed by atoms with Gasteiger partial charge < -0.3 is 10.0 Å². The number of carboxylic acid groups (broad SMARTS) is 1.